The van der Waals surface area contributed by atoms with Crippen LogP contribution in [0.25, 0.3) is 0 Å². The van der Waals surface area contributed by atoms with Crippen LogP contribution in [0.1, 0.15) is 24.4 Å². The Kier molecular flexibility index (Phi) is 3.88. The molecule has 1 unspecified atom stereocenters. The van der Waals surface area contributed by atoms with Gasteiger partial charge in [-0.3, -0.25) is 10.1 Å². The van der Waals surface area contributed by atoms with Gasteiger partial charge >= 0.3 is 0 Å². The van der Waals surface area contributed by atoms with Gasteiger partial charge in [0.25, 0.3) is 5.69 Å². The zero-order valence-electron chi connectivity index (χ0n) is 9.87. The normalized spacial score (nSPS) is 12.1. The monoisotopic (exact) mass is 263 g/mol. The summed E-state index contributed by atoms with van der Waals surface area (Å²) in [5, 5.41) is 16.9. The SMILES string of the molecule is CCC(Nc1cccc([N+](=O)[O-])c1)c1nccs1. The van der Waals surface area contributed by atoms with Crippen LogP contribution in [0.2, 0.25) is 0 Å². The molecule has 0 amide bonds. The number of anilines is 1. The lowest BCUT2D eigenvalue weighted by Gasteiger charge is -2.15. The third-order valence-corrected chi connectivity index (χ3v) is 3.44. The molecule has 1 heterocycles. The number of hydrogen-bond donors (Lipinski definition) is 1. The zero-order valence-corrected chi connectivity index (χ0v) is 10.7. The molecule has 0 aliphatic carbocycles. The standard InChI is InChI=1S/C12H13N3O2S/c1-2-11(12-13-6-7-18-12)14-9-4-3-5-10(8-9)15(16)17/h3-8,11,14H,2H2,1H3. The van der Waals surface area contributed by atoms with Gasteiger partial charge in [0.15, 0.2) is 0 Å². The summed E-state index contributed by atoms with van der Waals surface area (Å²) in [6, 6.07) is 6.61. The number of nitro groups is 1. The number of hydrogen-bond acceptors (Lipinski definition) is 5. The average Bonchev–Trinajstić information content (AvgIpc) is 2.90. The molecule has 1 aromatic heterocycles. The van der Waals surface area contributed by atoms with Crippen molar-refractivity contribution in [3.05, 3.63) is 51.0 Å². The number of nitro benzene ring substituents is 1. The minimum Gasteiger partial charge on any atom is -0.376 e. The van der Waals surface area contributed by atoms with Crippen molar-refractivity contribution in [2.24, 2.45) is 0 Å². The van der Waals surface area contributed by atoms with Gasteiger partial charge in [-0.1, -0.05) is 13.0 Å². The Morgan fingerprint density at radius 3 is 3.00 bits per heavy atom. The van der Waals surface area contributed by atoms with Crippen molar-refractivity contribution in [2.75, 3.05) is 5.32 Å². The summed E-state index contributed by atoms with van der Waals surface area (Å²) in [7, 11) is 0. The van der Waals surface area contributed by atoms with Crippen LogP contribution in [0.4, 0.5) is 11.4 Å². The molecule has 0 spiro atoms. The maximum Gasteiger partial charge on any atom is 0.271 e. The maximum absolute atomic E-state index is 10.7. The molecule has 94 valence electrons. The summed E-state index contributed by atoms with van der Waals surface area (Å²) in [6.45, 7) is 2.05. The Morgan fingerprint density at radius 1 is 1.56 bits per heavy atom. The summed E-state index contributed by atoms with van der Waals surface area (Å²) in [4.78, 5) is 14.6. The fourth-order valence-corrected chi connectivity index (χ4v) is 2.43. The predicted octanol–water partition coefficient (Wildman–Crippen LogP) is 3.61. The van der Waals surface area contributed by atoms with E-state index in [-0.39, 0.29) is 11.7 Å². The van der Waals surface area contributed by atoms with Crippen LogP contribution in [-0.4, -0.2) is 9.91 Å². The van der Waals surface area contributed by atoms with Gasteiger partial charge < -0.3 is 5.32 Å². The van der Waals surface area contributed by atoms with Crippen LogP contribution in [-0.2, 0) is 0 Å². The molecule has 0 saturated heterocycles. The Hall–Kier alpha value is -1.95. The third-order valence-electron chi connectivity index (χ3n) is 2.56. The van der Waals surface area contributed by atoms with E-state index in [9.17, 15) is 10.1 Å². The van der Waals surface area contributed by atoms with Crippen molar-refractivity contribution in [1.82, 2.24) is 4.98 Å². The third kappa shape index (κ3) is 2.84. The van der Waals surface area contributed by atoms with Crippen molar-refractivity contribution >= 4 is 22.7 Å². The van der Waals surface area contributed by atoms with Crippen LogP contribution in [0.3, 0.4) is 0 Å². The lowest BCUT2D eigenvalue weighted by atomic mass is 10.2. The predicted molar refractivity (Wildman–Crippen MR) is 71.9 cm³/mol. The summed E-state index contributed by atoms with van der Waals surface area (Å²) in [5.74, 6) is 0. The average molecular weight is 263 g/mol. The number of aromatic nitrogens is 1. The molecular weight excluding hydrogens is 250 g/mol. The van der Waals surface area contributed by atoms with Crippen LogP contribution in [0, 0.1) is 10.1 Å². The minimum atomic E-state index is -0.393. The first-order valence-electron chi connectivity index (χ1n) is 5.61. The molecule has 1 atom stereocenters. The largest absolute Gasteiger partial charge is 0.376 e. The van der Waals surface area contributed by atoms with Crippen LogP contribution in [0.15, 0.2) is 35.8 Å². The zero-order chi connectivity index (χ0) is 13.0. The van der Waals surface area contributed by atoms with Gasteiger partial charge in [-0.2, -0.15) is 0 Å². The molecule has 5 nitrogen and oxygen atoms in total. The number of nitrogens with one attached hydrogen (secondary N) is 1. The summed E-state index contributed by atoms with van der Waals surface area (Å²) < 4.78 is 0. The first-order chi connectivity index (χ1) is 8.70. The molecule has 0 aliphatic rings. The molecule has 2 rings (SSSR count). The highest BCUT2D eigenvalue weighted by Crippen LogP contribution is 2.25. The maximum atomic E-state index is 10.7. The topological polar surface area (TPSA) is 68.1 Å². The fourth-order valence-electron chi connectivity index (χ4n) is 1.66. The van der Waals surface area contributed by atoms with E-state index in [2.05, 4.69) is 17.2 Å². The fraction of sp³-hybridized carbons (Fsp3) is 0.250. The van der Waals surface area contributed by atoms with Gasteiger partial charge in [-0.25, -0.2) is 4.98 Å². The van der Waals surface area contributed by atoms with Crippen LogP contribution in [0.5, 0.6) is 0 Å². The Bertz CT molecular complexity index is 528. The van der Waals surface area contributed by atoms with Crippen molar-refractivity contribution in [3.63, 3.8) is 0 Å². The molecular formula is C12H13N3O2S. The molecule has 0 radical (unpaired) electrons. The van der Waals surface area contributed by atoms with E-state index >= 15 is 0 Å². The molecule has 0 fully saturated rings. The molecule has 0 bridgehead atoms. The summed E-state index contributed by atoms with van der Waals surface area (Å²) in [5.41, 5.74) is 0.834. The van der Waals surface area contributed by atoms with Crippen molar-refractivity contribution in [3.8, 4) is 0 Å². The van der Waals surface area contributed by atoms with Crippen molar-refractivity contribution < 1.29 is 4.92 Å². The van der Waals surface area contributed by atoms with Gasteiger partial charge in [0.1, 0.15) is 5.01 Å². The van der Waals surface area contributed by atoms with E-state index in [0.29, 0.717) is 0 Å². The minimum absolute atomic E-state index is 0.0898. The van der Waals surface area contributed by atoms with Gasteiger partial charge in [0, 0.05) is 29.4 Å². The smallest absolute Gasteiger partial charge is 0.271 e. The Balaban J connectivity index is 2.17. The molecule has 2 aromatic rings. The molecule has 1 aromatic carbocycles. The first-order valence-corrected chi connectivity index (χ1v) is 6.49. The number of thiazole rings is 1. The van der Waals surface area contributed by atoms with E-state index in [1.807, 2.05) is 11.4 Å². The highest BCUT2D eigenvalue weighted by molar-refractivity contribution is 7.09. The van der Waals surface area contributed by atoms with E-state index in [1.165, 1.54) is 12.1 Å². The first kappa shape index (κ1) is 12.5. The summed E-state index contributed by atoms with van der Waals surface area (Å²) in [6.07, 6.45) is 2.63. The van der Waals surface area contributed by atoms with E-state index < -0.39 is 4.92 Å². The molecule has 0 aliphatic heterocycles. The van der Waals surface area contributed by atoms with E-state index in [0.717, 1.165) is 17.1 Å². The van der Waals surface area contributed by atoms with Gasteiger partial charge in [0.2, 0.25) is 0 Å². The number of nitrogens with zero attached hydrogens (tertiary/aromatic N) is 2. The second kappa shape index (κ2) is 5.59. The molecule has 18 heavy (non-hydrogen) atoms. The molecule has 6 heteroatoms. The van der Waals surface area contributed by atoms with Crippen LogP contribution >= 0.6 is 11.3 Å². The van der Waals surface area contributed by atoms with Crippen molar-refractivity contribution in [1.29, 1.82) is 0 Å². The lowest BCUT2D eigenvalue weighted by molar-refractivity contribution is -0.384. The highest BCUT2D eigenvalue weighted by atomic mass is 32.1. The van der Waals surface area contributed by atoms with Gasteiger partial charge in [-0.05, 0) is 12.5 Å². The Labute approximate surface area is 109 Å². The van der Waals surface area contributed by atoms with Gasteiger partial charge in [-0.15, -0.1) is 11.3 Å². The number of benzene rings is 1. The lowest BCUT2D eigenvalue weighted by Crippen LogP contribution is -2.09. The summed E-state index contributed by atoms with van der Waals surface area (Å²) >= 11 is 1.58. The van der Waals surface area contributed by atoms with E-state index in [4.69, 9.17) is 0 Å². The molecule has 0 saturated carbocycles. The quantitative estimate of drug-likeness (QED) is 0.661. The second-order valence-corrected chi connectivity index (χ2v) is 4.71. The van der Waals surface area contributed by atoms with E-state index in [1.54, 1.807) is 23.6 Å². The number of rotatable bonds is 5. The molecule has 1 N–H and O–H groups in total. The second-order valence-electron chi connectivity index (χ2n) is 3.78. The van der Waals surface area contributed by atoms with Gasteiger partial charge in [0.05, 0.1) is 11.0 Å². The Morgan fingerprint density at radius 2 is 2.39 bits per heavy atom. The van der Waals surface area contributed by atoms with Crippen LogP contribution < -0.4 is 5.32 Å². The highest BCUT2D eigenvalue weighted by Gasteiger charge is 2.13. The number of non-ortho nitro benzene ring substituents is 1. The van der Waals surface area contributed by atoms with Crippen molar-refractivity contribution in [2.45, 2.75) is 19.4 Å².